The van der Waals surface area contributed by atoms with Crippen molar-refractivity contribution < 1.29 is 13.2 Å². The van der Waals surface area contributed by atoms with Crippen LogP contribution in [-0.2, 0) is 21.3 Å². The SMILES string of the molecule is CNCc1n[nH]c(C)c1S(=O)(=O)NCC1CN(C)CCO1. The lowest BCUT2D eigenvalue weighted by atomic mass is 10.3. The lowest BCUT2D eigenvalue weighted by molar-refractivity contribution is -0.0156. The molecule has 0 saturated carbocycles. The van der Waals surface area contributed by atoms with Gasteiger partial charge in [-0.1, -0.05) is 0 Å². The van der Waals surface area contributed by atoms with Gasteiger partial charge in [0.1, 0.15) is 4.90 Å². The van der Waals surface area contributed by atoms with Crippen LogP contribution in [0.3, 0.4) is 0 Å². The molecular formula is C12H23N5O3S. The van der Waals surface area contributed by atoms with Crippen molar-refractivity contribution in [3.63, 3.8) is 0 Å². The molecule has 1 unspecified atom stereocenters. The molecule has 0 spiro atoms. The van der Waals surface area contributed by atoms with Gasteiger partial charge in [-0.15, -0.1) is 0 Å². The number of sulfonamides is 1. The van der Waals surface area contributed by atoms with Gasteiger partial charge in [0.15, 0.2) is 0 Å². The number of H-pyrrole nitrogens is 1. The number of rotatable bonds is 6. The molecule has 0 amide bonds. The van der Waals surface area contributed by atoms with E-state index in [1.807, 2.05) is 7.05 Å². The number of aryl methyl sites for hydroxylation is 1. The number of aromatic nitrogens is 2. The van der Waals surface area contributed by atoms with Crippen molar-refractivity contribution in [3.8, 4) is 0 Å². The van der Waals surface area contributed by atoms with E-state index in [1.54, 1.807) is 14.0 Å². The zero-order valence-electron chi connectivity index (χ0n) is 12.6. The molecule has 2 heterocycles. The molecule has 1 atom stereocenters. The predicted octanol–water partition coefficient (Wildman–Crippen LogP) is -0.954. The second-order valence-electron chi connectivity index (χ2n) is 5.26. The molecule has 0 radical (unpaired) electrons. The fourth-order valence-electron chi connectivity index (χ4n) is 2.38. The number of hydrogen-bond acceptors (Lipinski definition) is 6. The topological polar surface area (TPSA) is 99.3 Å². The first kappa shape index (κ1) is 16.4. The van der Waals surface area contributed by atoms with Crippen molar-refractivity contribution in [2.45, 2.75) is 24.5 Å². The molecule has 9 heteroatoms. The molecule has 1 aromatic heterocycles. The molecule has 0 aromatic carbocycles. The Hall–Kier alpha value is -1.00. The van der Waals surface area contributed by atoms with E-state index in [4.69, 9.17) is 4.74 Å². The van der Waals surface area contributed by atoms with Crippen LogP contribution in [0.15, 0.2) is 4.90 Å². The molecule has 1 aromatic rings. The Labute approximate surface area is 125 Å². The zero-order chi connectivity index (χ0) is 15.5. The molecule has 1 fully saturated rings. The number of hydrogen-bond donors (Lipinski definition) is 3. The minimum atomic E-state index is -3.60. The first-order valence-electron chi connectivity index (χ1n) is 6.92. The first-order valence-corrected chi connectivity index (χ1v) is 8.40. The lowest BCUT2D eigenvalue weighted by Gasteiger charge is -2.30. The Balaban J connectivity index is 2.06. The standard InChI is InChI=1S/C12H23N5O3S/c1-9-12(11(7-13-2)16-15-9)21(18,19)14-6-10-8-17(3)4-5-20-10/h10,13-14H,4-8H2,1-3H3,(H,15,16). The molecule has 1 aliphatic rings. The van der Waals surface area contributed by atoms with Gasteiger partial charge >= 0.3 is 0 Å². The van der Waals surface area contributed by atoms with Gasteiger partial charge in [0.05, 0.1) is 24.1 Å². The van der Waals surface area contributed by atoms with E-state index >= 15 is 0 Å². The maximum Gasteiger partial charge on any atom is 0.244 e. The Morgan fingerprint density at radius 1 is 1.52 bits per heavy atom. The van der Waals surface area contributed by atoms with Crippen molar-refractivity contribution in [1.29, 1.82) is 0 Å². The summed E-state index contributed by atoms with van der Waals surface area (Å²) in [6.45, 7) is 4.57. The van der Waals surface area contributed by atoms with Crippen LogP contribution < -0.4 is 10.0 Å². The van der Waals surface area contributed by atoms with Crippen molar-refractivity contribution in [1.82, 2.24) is 25.1 Å². The van der Waals surface area contributed by atoms with Crippen LogP contribution in [0.1, 0.15) is 11.4 Å². The van der Waals surface area contributed by atoms with Crippen molar-refractivity contribution in [3.05, 3.63) is 11.4 Å². The van der Waals surface area contributed by atoms with Gasteiger partial charge in [-0.25, -0.2) is 13.1 Å². The number of nitrogens with zero attached hydrogens (tertiary/aromatic N) is 2. The van der Waals surface area contributed by atoms with E-state index in [-0.39, 0.29) is 17.5 Å². The van der Waals surface area contributed by atoms with Crippen LogP contribution in [0.25, 0.3) is 0 Å². The van der Waals surface area contributed by atoms with Gasteiger partial charge in [0.2, 0.25) is 10.0 Å². The normalized spacial score (nSPS) is 20.8. The summed E-state index contributed by atoms with van der Waals surface area (Å²) in [7, 11) is 0.145. The minimum absolute atomic E-state index is 0.126. The summed E-state index contributed by atoms with van der Waals surface area (Å²) < 4.78 is 33.1. The summed E-state index contributed by atoms with van der Waals surface area (Å²) in [4.78, 5) is 2.35. The fourth-order valence-corrected chi connectivity index (χ4v) is 3.80. The van der Waals surface area contributed by atoms with Gasteiger partial charge in [-0.2, -0.15) is 5.10 Å². The summed E-state index contributed by atoms with van der Waals surface area (Å²) >= 11 is 0. The van der Waals surface area contributed by atoms with Crippen LogP contribution in [0, 0.1) is 6.92 Å². The zero-order valence-corrected chi connectivity index (χ0v) is 13.5. The van der Waals surface area contributed by atoms with Crippen molar-refractivity contribution >= 4 is 10.0 Å². The van der Waals surface area contributed by atoms with Gasteiger partial charge in [0.25, 0.3) is 0 Å². The molecule has 1 saturated heterocycles. The molecule has 8 nitrogen and oxygen atoms in total. The average Bonchev–Trinajstić information content (AvgIpc) is 2.79. The van der Waals surface area contributed by atoms with E-state index < -0.39 is 10.0 Å². The highest BCUT2D eigenvalue weighted by Crippen LogP contribution is 2.17. The number of morpholine rings is 1. The minimum Gasteiger partial charge on any atom is -0.374 e. The number of likely N-dealkylation sites (N-methyl/N-ethyl adjacent to an activating group) is 1. The van der Waals surface area contributed by atoms with Crippen LogP contribution in [0.2, 0.25) is 0 Å². The quantitative estimate of drug-likeness (QED) is 0.625. The molecule has 0 aliphatic carbocycles. The number of nitrogens with one attached hydrogen (secondary N) is 3. The van der Waals surface area contributed by atoms with Crippen LogP contribution in [-0.4, -0.2) is 70.0 Å². The molecular weight excluding hydrogens is 294 g/mol. The largest absolute Gasteiger partial charge is 0.374 e. The summed E-state index contributed by atoms with van der Waals surface area (Å²) in [5.74, 6) is 0. The number of ether oxygens (including phenoxy) is 1. The van der Waals surface area contributed by atoms with Gasteiger partial charge in [0, 0.05) is 26.2 Å². The molecule has 2 rings (SSSR count). The Morgan fingerprint density at radius 2 is 2.29 bits per heavy atom. The van der Waals surface area contributed by atoms with Crippen LogP contribution >= 0.6 is 0 Å². The predicted molar refractivity (Wildman–Crippen MR) is 78.5 cm³/mol. The third-order valence-electron chi connectivity index (χ3n) is 3.42. The van der Waals surface area contributed by atoms with Crippen LogP contribution in [0.4, 0.5) is 0 Å². The van der Waals surface area contributed by atoms with E-state index in [0.717, 1.165) is 13.1 Å². The van der Waals surface area contributed by atoms with Gasteiger partial charge in [-0.05, 0) is 21.0 Å². The maximum absolute atomic E-state index is 12.5. The van der Waals surface area contributed by atoms with E-state index in [2.05, 4.69) is 25.1 Å². The van der Waals surface area contributed by atoms with Crippen molar-refractivity contribution in [2.75, 3.05) is 40.3 Å². The third kappa shape index (κ3) is 4.01. The highest BCUT2D eigenvalue weighted by molar-refractivity contribution is 7.89. The molecule has 1 aliphatic heterocycles. The van der Waals surface area contributed by atoms with Crippen molar-refractivity contribution in [2.24, 2.45) is 0 Å². The van der Waals surface area contributed by atoms with Gasteiger partial charge < -0.3 is 15.0 Å². The Morgan fingerprint density at radius 3 is 2.95 bits per heavy atom. The second-order valence-corrected chi connectivity index (χ2v) is 6.97. The van der Waals surface area contributed by atoms with E-state index in [9.17, 15) is 8.42 Å². The highest BCUT2D eigenvalue weighted by Gasteiger charge is 2.26. The van der Waals surface area contributed by atoms with E-state index in [0.29, 0.717) is 24.5 Å². The number of aromatic amines is 1. The third-order valence-corrected chi connectivity index (χ3v) is 5.04. The smallest absolute Gasteiger partial charge is 0.244 e. The summed E-state index contributed by atoms with van der Waals surface area (Å²) in [5, 5.41) is 9.67. The van der Waals surface area contributed by atoms with E-state index in [1.165, 1.54) is 0 Å². The summed E-state index contributed by atoms with van der Waals surface area (Å²) in [6, 6.07) is 0. The Bertz CT molecular complexity index is 571. The summed E-state index contributed by atoms with van der Waals surface area (Å²) in [5.41, 5.74) is 1.03. The molecule has 21 heavy (non-hydrogen) atoms. The average molecular weight is 317 g/mol. The highest BCUT2D eigenvalue weighted by atomic mass is 32.2. The molecule has 3 N–H and O–H groups in total. The van der Waals surface area contributed by atoms with Crippen LogP contribution in [0.5, 0.6) is 0 Å². The monoisotopic (exact) mass is 317 g/mol. The fraction of sp³-hybridized carbons (Fsp3) is 0.750. The molecule has 120 valence electrons. The Kier molecular flexibility index (Phi) is 5.33. The maximum atomic E-state index is 12.5. The molecule has 0 bridgehead atoms. The first-order chi connectivity index (χ1) is 9.94. The van der Waals surface area contributed by atoms with Gasteiger partial charge in [-0.3, -0.25) is 5.10 Å². The second kappa shape index (κ2) is 6.84. The lowest BCUT2D eigenvalue weighted by Crippen LogP contribution is -2.46. The summed E-state index contributed by atoms with van der Waals surface area (Å²) in [6.07, 6.45) is -0.126.